The van der Waals surface area contributed by atoms with Crippen LogP contribution < -0.4 is 5.32 Å². The zero-order valence-electron chi connectivity index (χ0n) is 9.83. The Hall–Kier alpha value is -0.770. The molecule has 1 aromatic rings. The van der Waals surface area contributed by atoms with Crippen LogP contribution in [0.25, 0.3) is 0 Å². The molecule has 18 heavy (non-hydrogen) atoms. The van der Waals surface area contributed by atoms with E-state index in [4.69, 9.17) is 23.2 Å². The maximum atomic E-state index is 12.0. The van der Waals surface area contributed by atoms with E-state index in [9.17, 15) is 9.90 Å². The Labute approximate surface area is 116 Å². The van der Waals surface area contributed by atoms with E-state index in [0.29, 0.717) is 28.1 Å². The van der Waals surface area contributed by atoms with Crippen LogP contribution in [-0.2, 0) is 0 Å². The van der Waals surface area contributed by atoms with Crippen molar-refractivity contribution in [2.45, 2.75) is 25.4 Å². The third kappa shape index (κ3) is 3.16. The highest BCUT2D eigenvalue weighted by molar-refractivity contribution is 6.39. The topological polar surface area (TPSA) is 49.3 Å². The number of aliphatic hydroxyl groups excluding tert-OH is 1. The first-order chi connectivity index (χ1) is 8.58. The molecule has 1 fully saturated rings. The van der Waals surface area contributed by atoms with E-state index in [0.717, 1.165) is 19.3 Å². The van der Waals surface area contributed by atoms with Crippen molar-refractivity contribution in [3.8, 4) is 0 Å². The fourth-order valence-electron chi connectivity index (χ4n) is 2.27. The number of carbonyl (C=O) groups is 1. The Morgan fingerprint density at radius 3 is 2.56 bits per heavy atom. The summed E-state index contributed by atoms with van der Waals surface area (Å²) in [6.07, 6.45) is 2.28. The molecule has 2 atom stereocenters. The highest BCUT2D eigenvalue weighted by Crippen LogP contribution is 2.26. The standard InChI is InChI=1S/C13H15Cl2NO2/c14-10-2-1-3-11(15)12(10)13(18)16-7-8-4-5-9(17)6-8/h1-3,8-9,17H,4-7H2,(H,16,18). The van der Waals surface area contributed by atoms with Crippen molar-refractivity contribution in [2.75, 3.05) is 6.54 Å². The number of benzene rings is 1. The molecule has 5 heteroatoms. The normalized spacial score (nSPS) is 23.1. The molecule has 1 aromatic carbocycles. The van der Waals surface area contributed by atoms with Crippen LogP contribution in [0.5, 0.6) is 0 Å². The molecular weight excluding hydrogens is 273 g/mol. The number of carbonyl (C=O) groups excluding carboxylic acids is 1. The van der Waals surface area contributed by atoms with Gasteiger partial charge in [0.25, 0.3) is 5.91 Å². The minimum atomic E-state index is -0.257. The van der Waals surface area contributed by atoms with Crippen molar-refractivity contribution in [3.63, 3.8) is 0 Å². The molecule has 0 aliphatic heterocycles. The summed E-state index contributed by atoms with van der Waals surface area (Å²) >= 11 is 11.9. The molecule has 1 saturated carbocycles. The summed E-state index contributed by atoms with van der Waals surface area (Å²) in [5, 5.41) is 12.9. The summed E-state index contributed by atoms with van der Waals surface area (Å²) in [7, 11) is 0. The molecule has 1 aliphatic rings. The Balaban J connectivity index is 1.96. The quantitative estimate of drug-likeness (QED) is 0.898. The van der Waals surface area contributed by atoms with Crippen LogP contribution in [0.1, 0.15) is 29.6 Å². The third-order valence-corrected chi connectivity index (χ3v) is 3.88. The van der Waals surface area contributed by atoms with Gasteiger partial charge in [-0.15, -0.1) is 0 Å². The molecular formula is C13H15Cl2NO2. The van der Waals surface area contributed by atoms with Crippen LogP contribution in [0, 0.1) is 5.92 Å². The van der Waals surface area contributed by atoms with Crippen LogP contribution in [0.2, 0.25) is 10.0 Å². The van der Waals surface area contributed by atoms with Crippen molar-refractivity contribution in [3.05, 3.63) is 33.8 Å². The number of nitrogens with one attached hydrogen (secondary N) is 1. The van der Waals surface area contributed by atoms with Crippen molar-refractivity contribution >= 4 is 29.1 Å². The lowest BCUT2D eigenvalue weighted by Gasteiger charge is -2.12. The maximum Gasteiger partial charge on any atom is 0.254 e. The molecule has 0 bridgehead atoms. The summed E-state index contributed by atoms with van der Waals surface area (Å²) in [6.45, 7) is 0.553. The van der Waals surface area contributed by atoms with E-state index >= 15 is 0 Å². The second-order valence-corrected chi connectivity index (χ2v) is 5.45. The second-order valence-electron chi connectivity index (χ2n) is 4.64. The zero-order chi connectivity index (χ0) is 13.1. The maximum absolute atomic E-state index is 12.0. The van der Waals surface area contributed by atoms with Crippen LogP contribution in [0.15, 0.2) is 18.2 Å². The van der Waals surface area contributed by atoms with Crippen LogP contribution in [-0.4, -0.2) is 23.7 Å². The molecule has 1 aliphatic carbocycles. The Kier molecular flexibility index (Phi) is 4.49. The van der Waals surface area contributed by atoms with Gasteiger partial charge in [-0.25, -0.2) is 0 Å². The molecule has 98 valence electrons. The van der Waals surface area contributed by atoms with Gasteiger partial charge in [-0.3, -0.25) is 4.79 Å². The number of halogens is 2. The minimum Gasteiger partial charge on any atom is -0.393 e. The van der Waals surface area contributed by atoms with E-state index in [1.165, 1.54) is 0 Å². The number of hydrogen-bond donors (Lipinski definition) is 2. The fraction of sp³-hybridized carbons (Fsp3) is 0.462. The Morgan fingerprint density at radius 2 is 2.00 bits per heavy atom. The molecule has 2 unspecified atom stereocenters. The van der Waals surface area contributed by atoms with Crippen molar-refractivity contribution < 1.29 is 9.90 Å². The predicted molar refractivity (Wildman–Crippen MR) is 72.1 cm³/mol. The lowest BCUT2D eigenvalue weighted by Crippen LogP contribution is -2.29. The highest BCUT2D eigenvalue weighted by atomic mass is 35.5. The van der Waals surface area contributed by atoms with E-state index in [1.54, 1.807) is 18.2 Å². The van der Waals surface area contributed by atoms with Crippen LogP contribution in [0.4, 0.5) is 0 Å². The molecule has 0 heterocycles. The molecule has 2 rings (SSSR count). The van der Waals surface area contributed by atoms with E-state index < -0.39 is 0 Å². The lowest BCUT2D eigenvalue weighted by molar-refractivity contribution is 0.0945. The molecule has 0 saturated heterocycles. The summed E-state index contributed by atoms with van der Waals surface area (Å²) in [5.41, 5.74) is 0.319. The van der Waals surface area contributed by atoms with Gasteiger partial charge in [0.2, 0.25) is 0 Å². The Bertz CT molecular complexity index is 430. The average Bonchev–Trinajstić information content (AvgIpc) is 2.72. The Morgan fingerprint density at radius 1 is 1.33 bits per heavy atom. The molecule has 0 radical (unpaired) electrons. The average molecular weight is 288 g/mol. The smallest absolute Gasteiger partial charge is 0.254 e. The van der Waals surface area contributed by atoms with Gasteiger partial charge in [0.05, 0.1) is 21.7 Å². The first kappa shape index (κ1) is 13.7. The van der Waals surface area contributed by atoms with Gasteiger partial charge in [0, 0.05) is 6.54 Å². The molecule has 3 nitrogen and oxygen atoms in total. The monoisotopic (exact) mass is 287 g/mol. The van der Waals surface area contributed by atoms with Gasteiger partial charge < -0.3 is 10.4 Å². The first-order valence-electron chi connectivity index (χ1n) is 5.98. The fourth-order valence-corrected chi connectivity index (χ4v) is 2.84. The predicted octanol–water partition coefficient (Wildman–Crippen LogP) is 2.88. The van der Waals surface area contributed by atoms with E-state index in [1.807, 2.05) is 0 Å². The summed E-state index contributed by atoms with van der Waals surface area (Å²) < 4.78 is 0. The van der Waals surface area contributed by atoms with Gasteiger partial charge in [-0.05, 0) is 37.3 Å². The lowest BCUT2D eigenvalue weighted by atomic mass is 10.1. The SMILES string of the molecule is O=C(NCC1CCC(O)C1)c1c(Cl)cccc1Cl. The highest BCUT2D eigenvalue weighted by Gasteiger charge is 2.23. The molecule has 0 spiro atoms. The number of aliphatic hydroxyl groups is 1. The number of rotatable bonds is 3. The van der Waals surface area contributed by atoms with Crippen molar-refractivity contribution in [1.29, 1.82) is 0 Å². The van der Waals surface area contributed by atoms with Crippen molar-refractivity contribution in [1.82, 2.24) is 5.32 Å². The summed E-state index contributed by atoms with van der Waals surface area (Å²) in [4.78, 5) is 12.0. The van der Waals surface area contributed by atoms with Gasteiger partial charge in [0.15, 0.2) is 0 Å². The van der Waals surface area contributed by atoms with Gasteiger partial charge in [0.1, 0.15) is 0 Å². The second kappa shape index (κ2) is 5.91. The van der Waals surface area contributed by atoms with Gasteiger partial charge in [-0.1, -0.05) is 29.3 Å². The summed E-state index contributed by atoms with van der Waals surface area (Å²) in [5.74, 6) is 0.0807. The van der Waals surface area contributed by atoms with E-state index in [2.05, 4.69) is 5.32 Å². The summed E-state index contributed by atoms with van der Waals surface area (Å²) in [6, 6.07) is 4.98. The van der Waals surface area contributed by atoms with Crippen molar-refractivity contribution in [2.24, 2.45) is 5.92 Å². The van der Waals surface area contributed by atoms with Gasteiger partial charge in [-0.2, -0.15) is 0 Å². The largest absolute Gasteiger partial charge is 0.393 e. The molecule has 0 aromatic heterocycles. The number of amides is 1. The van der Waals surface area contributed by atoms with Gasteiger partial charge >= 0.3 is 0 Å². The third-order valence-electron chi connectivity index (χ3n) is 3.25. The number of hydrogen-bond acceptors (Lipinski definition) is 2. The minimum absolute atomic E-state index is 0.226. The first-order valence-corrected chi connectivity index (χ1v) is 6.74. The van der Waals surface area contributed by atoms with Crippen LogP contribution in [0.3, 0.4) is 0 Å². The molecule has 2 N–H and O–H groups in total. The molecule has 1 amide bonds. The van der Waals surface area contributed by atoms with E-state index in [-0.39, 0.29) is 12.0 Å². The van der Waals surface area contributed by atoms with Crippen LogP contribution >= 0.6 is 23.2 Å². The zero-order valence-corrected chi connectivity index (χ0v) is 11.3.